The van der Waals surface area contributed by atoms with Crippen LogP contribution in [-0.4, -0.2) is 70.0 Å². The van der Waals surface area contributed by atoms with Crippen LogP contribution in [0.25, 0.3) is 0 Å². The molecule has 0 aromatic carbocycles. The van der Waals surface area contributed by atoms with Crippen LogP contribution in [0, 0.1) is 0 Å². The molecule has 0 amide bonds. The predicted octanol–water partition coefficient (Wildman–Crippen LogP) is 23.4. The molecule has 0 saturated heterocycles. The summed E-state index contributed by atoms with van der Waals surface area (Å²) in [6, 6.07) is 0. The van der Waals surface area contributed by atoms with Gasteiger partial charge in [0.1, 0.15) is 19.8 Å². The second-order valence-corrected chi connectivity index (χ2v) is 25.9. The molecule has 0 N–H and O–H groups in total. The molecule has 518 valence electrons. The van der Waals surface area contributed by atoms with Gasteiger partial charge >= 0.3 is 11.9 Å². The van der Waals surface area contributed by atoms with E-state index in [1.54, 1.807) is 0 Å². The van der Waals surface area contributed by atoms with Gasteiger partial charge in [-0.2, -0.15) is 0 Å². The largest absolute Gasteiger partial charge is 0.756 e. The van der Waals surface area contributed by atoms with Crippen LogP contribution in [0.3, 0.4) is 0 Å². The molecule has 0 saturated carbocycles. The third-order valence-corrected chi connectivity index (χ3v) is 15.6. The van der Waals surface area contributed by atoms with Crippen molar-refractivity contribution in [2.45, 2.75) is 264 Å². The van der Waals surface area contributed by atoms with Crippen molar-refractivity contribution in [1.82, 2.24) is 0 Å². The van der Waals surface area contributed by atoms with E-state index >= 15 is 0 Å². The molecule has 0 aromatic heterocycles. The molecule has 0 bridgehead atoms. The monoisotopic (exact) mass is 1290 g/mol. The molecule has 0 aliphatic rings. The normalized spacial score (nSPS) is 14.3. The highest BCUT2D eigenvalue weighted by Gasteiger charge is 2.22. The minimum Gasteiger partial charge on any atom is -0.756 e. The number of unbranched alkanes of at least 4 members (excludes halogenated alkanes) is 18. The lowest BCUT2D eigenvalue weighted by Crippen LogP contribution is -2.37. The predicted molar refractivity (Wildman–Crippen MR) is 396 cm³/mol. The molecule has 0 radical (unpaired) electrons. The lowest BCUT2D eigenvalue weighted by atomic mass is 10.0. The Kier molecular flexibility index (Phi) is 66.2. The van der Waals surface area contributed by atoms with E-state index in [1.807, 2.05) is 21.1 Å². The summed E-state index contributed by atoms with van der Waals surface area (Å²) >= 11 is 0. The average Bonchev–Trinajstić information content (AvgIpc) is 2.14. The van der Waals surface area contributed by atoms with Crippen molar-refractivity contribution in [3.63, 3.8) is 0 Å². The van der Waals surface area contributed by atoms with E-state index < -0.39 is 32.5 Å². The molecule has 2 atom stereocenters. The summed E-state index contributed by atoms with van der Waals surface area (Å²) in [5.74, 6) is -0.874. The van der Waals surface area contributed by atoms with Crippen molar-refractivity contribution in [1.29, 1.82) is 0 Å². The van der Waals surface area contributed by atoms with Gasteiger partial charge in [-0.05, 0) is 141 Å². The first-order chi connectivity index (χ1) is 45.0. The number of carbonyl (C=O) groups is 2. The van der Waals surface area contributed by atoms with Crippen molar-refractivity contribution in [3.8, 4) is 0 Å². The van der Waals surface area contributed by atoms with Gasteiger partial charge in [-0.15, -0.1) is 0 Å². The first-order valence-electron chi connectivity index (χ1n) is 36.1. The molecule has 0 aliphatic carbocycles. The number of allylic oxidation sites excluding steroid dienone is 32. The minimum atomic E-state index is -4.66. The van der Waals surface area contributed by atoms with Crippen molar-refractivity contribution in [2.75, 3.05) is 47.5 Å². The van der Waals surface area contributed by atoms with E-state index in [2.05, 4.69) is 208 Å². The van der Waals surface area contributed by atoms with Crippen LogP contribution < -0.4 is 4.89 Å². The number of esters is 2. The summed E-state index contributed by atoms with van der Waals surface area (Å²) in [7, 11) is 1.13. The number of hydrogen-bond donors (Lipinski definition) is 0. The highest BCUT2D eigenvalue weighted by Crippen LogP contribution is 2.38. The number of nitrogens with zero attached hydrogens (tertiary/aromatic N) is 1. The van der Waals surface area contributed by atoms with Gasteiger partial charge < -0.3 is 27.9 Å². The second-order valence-electron chi connectivity index (χ2n) is 24.5. The maximum atomic E-state index is 12.9. The number of quaternary nitrogens is 1. The van der Waals surface area contributed by atoms with Gasteiger partial charge in [-0.3, -0.25) is 14.2 Å². The van der Waals surface area contributed by atoms with Gasteiger partial charge in [0.15, 0.2) is 6.10 Å². The fraction of sp³-hybridized carbons (Fsp3) is 0.585. The molecule has 2 unspecified atom stereocenters. The first-order valence-corrected chi connectivity index (χ1v) is 37.6. The van der Waals surface area contributed by atoms with Crippen LogP contribution in [-0.2, 0) is 32.7 Å². The standard InChI is InChI=1S/C82H132NO8P/c1-6-8-10-12-14-16-18-20-22-24-26-28-30-32-34-36-37-38-39-40-41-42-43-44-45-47-49-51-53-55-57-59-61-63-65-67-69-71-73-75-82(85)91-80(79-90-92(86,87)89-77-76-83(3,4)5)78-88-81(84)74-72-70-68-66-64-62-60-58-56-54-52-50-48-46-35-33-31-29-27-25-23-21-19-17-15-13-11-9-7-2/h8-11,14-17,20-23,26-29,32-35,37-38,40-41,43-44,48,50,54,56,60,62,80H,6-7,12-13,18-19,24-25,30-31,36,39,42,45-47,49,51-53,55,57-59,61,63-79H2,1-5H3/b10-8-,11-9-,16-14-,17-15-,22-20-,23-21-,28-26-,29-27-,34-32-,35-33-,38-37-,41-40-,44-43-,50-48-,56-54-,62-60-. The summed E-state index contributed by atoms with van der Waals surface area (Å²) < 4.78 is 34.3. The van der Waals surface area contributed by atoms with Crippen LogP contribution in [0.2, 0.25) is 0 Å². The third-order valence-electron chi connectivity index (χ3n) is 14.6. The van der Waals surface area contributed by atoms with Gasteiger partial charge in [0, 0.05) is 12.8 Å². The number of rotatable bonds is 64. The number of phosphoric acid groups is 1. The molecule has 0 heterocycles. The Morgan fingerprint density at radius 3 is 0.870 bits per heavy atom. The molecule has 0 rings (SSSR count). The van der Waals surface area contributed by atoms with Gasteiger partial charge in [0.2, 0.25) is 0 Å². The van der Waals surface area contributed by atoms with E-state index in [0.29, 0.717) is 23.9 Å². The number of likely N-dealkylation sites (N-methyl/N-ethyl adjacent to an activating group) is 1. The van der Waals surface area contributed by atoms with Crippen LogP contribution in [0.1, 0.15) is 258 Å². The highest BCUT2D eigenvalue weighted by molar-refractivity contribution is 7.45. The number of ether oxygens (including phenoxy) is 2. The highest BCUT2D eigenvalue weighted by atomic mass is 31.2. The summed E-state index contributed by atoms with van der Waals surface area (Å²) in [6.45, 7) is 3.97. The quantitative estimate of drug-likeness (QED) is 0.0195. The minimum absolute atomic E-state index is 0.0452. The maximum Gasteiger partial charge on any atom is 0.306 e. The fourth-order valence-corrected chi connectivity index (χ4v) is 9.89. The molecule has 9 nitrogen and oxygen atoms in total. The fourth-order valence-electron chi connectivity index (χ4n) is 9.16. The number of phosphoric ester groups is 1. The molecule has 0 aromatic rings. The molecule has 0 aliphatic heterocycles. The zero-order chi connectivity index (χ0) is 66.9. The Balaban J connectivity index is 4.14. The summed E-state index contributed by atoms with van der Waals surface area (Å²) in [5, 5.41) is 0. The SMILES string of the molecule is CC/C=C\C/C=C\C/C=C\C/C=C\C/C=C\C/C=C\C/C=C\C/C=C\CCCCCCCCCCCCCCCCC(=O)OC(COC(=O)CCCCCC/C=C\C/C=C\C/C=C\C/C=C\C/C=C\C/C=C\C/C=C\C/C=C\CC)COP(=O)([O-])OCC[N+](C)(C)C. The Morgan fingerprint density at radius 1 is 0.337 bits per heavy atom. The zero-order valence-electron chi connectivity index (χ0n) is 58.9. The van der Waals surface area contributed by atoms with Crippen LogP contribution >= 0.6 is 7.82 Å². The lowest BCUT2D eigenvalue weighted by Gasteiger charge is -2.28. The Morgan fingerprint density at radius 2 is 0.587 bits per heavy atom. The van der Waals surface area contributed by atoms with Crippen molar-refractivity contribution >= 4 is 19.8 Å². The molecular weight excluding hydrogens is 1160 g/mol. The van der Waals surface area contributed by atoms with Crippen molar-refractivity contribution in [3.05, 3.63) is 194 Å². The Bertz CT molecular complexity index is 2260. The van der Waals surface area contributed by atoms with Crippen LogP contribution in [0.5, 0.6) is 0 Å². The Hall–Kier alpha value is -5.15. The van der Waals surface area contributed by atoms with E-state index in [4.69, 9.17) is 18.5 Å². The van der Waals surface area contributed by atoms with E-state index in [9.17, 15) is 19.0 Å². The smallest absolute Gasteiger partial charge is 0.306 e. The van der Waals surface area contributed by atoms with E-state index in [0.717, 1.165) is 148 Å². The van der Waals surface area contributed by atoms with Gasteiger partial charge in [-0.25, -0.2) is 0 Å². The molecule has 10 heteroatoms. The second kappa shape index (κ2) is 70.2. The lowest BCUT2D eigenvalue weighted by molar-refractivity contribution is -0.870. The zero-order valence-corrected chi connectivity index (χ0v) is 59.8. The third kappa shape index (κ3) is 73.9. The number of carbonyl (C=O) groups excluding carboxylic acids is 2. The average molecular weight is 1290 g/mol. The van der Waals surface area contributed by atoms with Crippen molar-refractivity contribution < 1.29 is 42.1 Å². The summed E-state index contributed by atoms with van der Waals surface area (Å²) in [4.78, 5) is 38.1. The van der Waals surface area contributed by atoms with Crippen LogP contribution in [0.15, 0.2) is 194 Å². The molecule has 0 spiro atoms. The first kappa shape index (κ1) is 86.9. The van der Waals surface area contributed by atoms with Crippen molar-refractivity contribution in [2.24, 2.45) is 0 Å². The molecular formula is C82H132NO8P. The van der Waals surface area contributed by atoms with Gasteiger partial charge in [-0.1, -0.05) is 298 Å². The summed E-state index contributed by atoms with van der Waals surface area (Å²) in [5.41, 5.74) is 0. The van der Waals surface area contributed by atoms with Gasteiger partial charge in [0.05, 0.1) is 27.7 Å². The molecule has 92 heavy (non-hydrogen) atoms. The maximum absolute atomic E-state index is 12.9. The van der Waals surface area contributed by atoms with Gasteiger partial charge in [0.25, 0.3) is 7.82 Å². The van der Waals surface area contributed by atoms with E-state index in [1.165, 1.54) is 70.6 Å². The molecule has 0 fully saturated rings. The number of hydrogen-bond acceptors (Lipinski definition) is 8. The van der Waals surface area contributed by atoms with E-state index in [-0.39, 0.29) is 26.1 Å². The topological polar surface area (TPSA) is 111 Å². The Labute approximate surface area is 564 Å². The van der Waals surface area contributed by atoms with Crippen LogP contribution in [0.4, 0.5) is 0 Å². The summed E-state index contributed by atoms with van der Waals surface area (Å²) in [6.07, 6.45) is 109.